The summed E-state index contributed by atoms with van der Waals surface area (Å²) in [5.74, 6) is -0.0480. The standard InChI is InChI=1S/C14H30NO5PS/c1-11(2)14(17)15-8-6-5-7-13(9-16)10-19-21(18,22)20-12(3)4/h11-13,16H,5-10H2,1-4H3,(H,15,17)(H,18,22). The summed E-state index contributed by atoms with van der Waals surface area (Å²) in [6.45, 7) is 4.81. The minimum atomic E-state index is -3.22. The SMILES string of the molecule is CC(C)OP(O)(=S)OCC(CO)CCCCNC(=O)C(C)C. The van der Waals surface area contributed by atoms with E-state index in [0.29, 0.717) is 6.54 Å². The molecule has 0 aliphatic rings. The van der Waals surface area contributed by atoms with Gasteiger partial charge in [-0.2, -0.15) is 0 Å². The average molecular weight is 355 g/mol. The van der Waals surface area contributed by atoms with Crippen LogP contribution in [-0.2, 0) is 25.6 Å². The van der Waals surface area contributed by atoms with Crippen LogP contribution in [0, 0.1) is 11.8 Å². The molecule has 2 atom stereocenters. The number of hydrogen-bond acceptors (Lipinski definition) is 5. The normalized spacial score (nSPS) is 15.8. The van der Waals surface area contributed by atoms with Crippen molar-refractivity contribution in [3.63, 3.8) is 0 Å². The van der Waals surface area contributed by atoms with Crippen molar-refractivity contribution < 1.29 is 23.8 Å². The van der Waals surface area contributed by atoms with Crippen LogP contribution in [0.25, 0.3) is 0 Å². The smallest absolute Gasteiger partial charge is 0.324 e. The molecule has 22 heavy (non-hydrogen) atoms. The Morgan fingerprint density at radius 2 is 1.91 bits per heavy atom. The Bertz CT molecular complexity index is 365. The minimum Gasteiger partial charge on any atom is -0.396 e. The molecule has 0 aromatic heterocycles. The average Bonchev–Trinajstić information content (AvgIpc) is 2.39. The molecule has 0 aromatic rings. The third kappa shape index (κ3) is 11.5. The van der Waals surface area contributed by atoms with Crippen LogP contribution in [0.3, 0.4) is 0 Å². The second kappa shape index (κ2) is 11.5. The van der Waals surface area contributed by atoms with Crippen molar-refractivity contribution in [3.8, 4) is 0 Å². The van der Waals surface area contributed by atoms with E-state index >= 15 is 0 Å². The van der Waals surface area contributed by atoms with Crippen molar-refractivity contribution in [2.45, 2.75) is 53.1 Å². The highest BCUT2D eigenvalue weighted by molar-refractivity contribution is 8.07. The zero-order chi connectivity index (χ0) is 17.2. The first-order chi connectivity index (χ1) is 10.2. The number of unbranched alkanes of at least 4 members (excludes halogenated alkanes) is 1. The van der Waals surface area contributed by atoms with Gasteiger partial charge in [0.05, 0.1) is 12.7 Å². The van der Waals surface area contributed by atoms with Crippen molar-refractivity contribution in [3.05, 3.63) is 0 Å². The highest BCUT2D eigenvalue weighted by Crippen LogP contribution is 2.45. The topological polar surface area (TPSA) is 88.0 Å². The maximum absolute atomic E-state index is 11.4. The van der Waals surface area contributed by atoms with Crippen molar-refractivity contribution >= 4 is 24.4 Å². The third-order valence-corrected chi connectivity index (χ3v) is 4.68. The first-order valence-corrected chi connectivity index (χ1v) is 10.3. The Kier molecular flexibility index (Phi) is 11.5. The van der Waals surface area contributed by atoms with Crippen LogP contribution in [0.4, 0.5) is 0 Å². The van der Waals surface area contributed by atoms with Gasteiger partial charge >= 0.3 is 6.72 Å². The number of nitrogens with one attached hydrogen (secondary N) is 1. The summed E-state index contributed by atoms with van der Waals surface area (Å²) in [5, 5.41) is 12.2. The van der Waals surface area contributed by atoms with E-state index in [1.165, 1.54) is 0 Å². The van der Waals surface area contributed by atoms with Crippen molar-refractivity contribution in [2.24, 2.45) is 11.8 Å². The molecule has 2 unspecified atom stereocenters. The van der Waals surface area contributed by atoms with Gasteiger partial charge in [-0.3, -0.25) is 4.79 Å². The van der Waals surface area contributed by atoms with Crippen molar-refractivity contribution in [1.82, 2.24) is 5.32 Å². The van der Waals surface area contributed by atoms with Gasteiger partial charge in [0.15, 0.2) is 0 Å². The molecule has 0 saturated heterocycles. The molecule has 3 N–H and O–H groups in total. The molecule has 0 heterocycles. The number of aliphatic hydroxyl groups is 1. The van der Waals surface area contributed by atoms with Crippen LogP contribution in [-0.4, -0.2) is 41.8 Å². The molecular formula is C14H30NO5PS. The Hall–Kier alpha value is -0.0400. The summed E-state index contributed by atoms with van der Waals surface area (Å²) in [6, 6.07) is 0. The molecule has 0 aliphatic carbocycles. The molecule has 0 radical (unpaired) electrons. The number of amides is 1. The number of carbonyl (C=O) groups is 1. The lowest BCUT2D eigenvalue weighted by molar-refractivity contribution is -0.123. The lowest BCUT2D eigenvalue weighted by atomic mass is 10.0. The minimum absolute atomic E-state index is 0.00625. The molecule has 0 spiro atoms. The Morgan fingerprint density at radius 1 is 1.27 bits per heavy atom. The highest BCUT2D eigenvalue weighted by Gasteiger charge is 2.19. The molecule has 0 rings (SSSR count). The molecule has 6 nitrogen and oxygen atoms in total. The van der Waals surface area contributed by atoms with Crippen molar-refractivity contribution in [1.29, 1.82) is 0 Å². The van der Waals surface area contributed by atoms with E-state index in [0.717, 1.165) is 19.3 Å². The van der Waals surface area contributed by atoms with E-state index in [9.17, 15) is 14.8 Å². The molecule has 0 saturated carbocycles. The summed E-state index contributed by atoms with van der Waals surface area (Å²) in [7, 11) is 0. The first-order valence-electron chi connectivity index (χ1n) is 7.72. The quantitative estimate of drug-likeness (QED) is 0.367. The van der Waals surface area contributed by atoms with Gasteiger partial charge in [-0.05, 0) is 38.5 Å². The summed E-state index contributed by atoms with van der Waals surface area (Å²) in [4.78, 5) is 21.2. The molecule has 8 heteroatoms. The van der Waals surface area contributed by atoms with Crippen molar-refractivity contribution in [2.75, 3.05) is 19.8 Å². The van der Waals surface area contributed by atoms with Crippen LogP contribution in [0.15, 0.2) is 0 Å². The van der Waals surface area contributed by atoms with Gasteiger partial charge in [-0.15, -0.1) is 0 Å². The van der Waals surface area contributed by atoms with Gasteiger partial charge in [0.25, 0.3) is 0 Å². The second-order valence-corrected chi connectivity index (χ2v) is 8.70. The molecule has 0 bridgehead atoms. The van der Waals surface area contributed by atoms with E-state index in [2.05, 4.69) is 5.32 Å². The maximum Gasteiger partial charge on any atom is 0.324 e. The Labute approximate surface area is 138 Å². The Morgan fingerprint density at radius 3 is 2.41 bits per heavy atom. The van der Waals surface area contributed by atoms with E-state index in [1.807, 2.05) is 13.8 Å². The van der Waals surface area contributed by atoms with Gasteiger partial charge in [0.2, 0.25) is 5.91 Å². The van der Waals surface area contributed by atoms with Crippen LogP contribution >= 0.6 is 6.72 Å². The second-order valence-electron chi connectivity index (χ2n) is 5.91. The number of hydrogen-bond donors (Lipinski definition) is 3. The lowest BCUT2D eigenvalue weighted by Crippen LogP contribution is -2.28. The molecular weight excluding hydrogens is 325 g/mol. The van der Waals surface area contributed by atoms with Gasteiger partial charge in [0, 0.05) is 25.0 Å². The zero-order valence-electron chi connectivity index (χ0n) is 13.9. The summed E-state index contributed by atoms with van der Waals surface area (Å²) >= 11 is 4.89. The zero-order valence-corrected chi connectivity index (χ0v) is 15.7. The fraction of sp³-hybridized carbons (Fsp3) is 0.929. The van der Waals surface area contributed by atoms with E-state index in [1.54, 1.807) is 13.8 Å². The van der Waals surface area contributed by atoms with E-state index < -0.39 is 6.72 Å². The van der Waals surface area contributed by atoms with Crippen LogP contribution in [0.1, 0.15) is 47.0 Å². The summed E-state index contributed by atoms with van der Waals surface area (Å²) in [5.41, 5.74) is 0. The molecule has 0 aliphatic heterocycles. The fourth-order valence-corrected chi connectivity index (χ4v) is 3.39. The van der Waals surface area contributed by atoms with Gasteiger partial charge < -0.3 is 24.4 Å². The maximum atomic E-state index is 11.4. The first kappa shape index (κ1) is 22.0. The molecule has 132 valence electrons. The molecule has 1 amide bonds. The molecule has 0 aromatic carbocycles. The van der Waals surface area contributed by atoms with Crippen LogP contribution < -0.4 is 5.32 Å². The predicted octanol–water partition coefficient (Wildman–Crippen LogP) is 2.20. The number of carbonyl (C=O) groups excluding carboxylic acids is 1. The summed E-state index contributed by atoms with van der Waals surface area (Å²) in [6.07, 6.45) is 2.23. The number of rotatable bonds is 12. The van der Waals surface area contributed by atoms with Crippen LogP contribution in [0.5, 0.6) is 0 Å². The van der Waals surface area contributed by atoms with Gasteiger partial charge in [-0.1, -0.05) is 20.3 Å². The van der Waals surface area contributed by atoms with E-state index in [-0.39, 0.29) is 37.1 Å². The third-order valence-electron chi connectivity index (χ3n) is 2.94. The highest BCUT2D eigenvalue weighted by atomic mass is 32.5. The van der Waals surface area contributed by atoms with E-state index in [4.69, 9.17) is 20.9 Å². The van der Waals surface area contributed by atoms with Crippen LogP contribution in [0.2, 0.25) is 0 Å². The summed E-state index contributed by atoms with van der Waals surface area (Å²) < 4.78 is 10.4. The van der Waals surface area contributed by atoms with Gasteiger partial charge in [-0.25, -0.2) is 0 Å². The largest absolute Gasteiger partial charge is 0.396 e. The Balaban J connectivity index is 3.89. The lowest BCUT2D eigenvalue weighted by Gasteiger charge is -2.21. The molecule has 0 fully saturated rings. The monoisotopic (exact) mass is 355 g/mol. The predicted molar refractivity (Wildman–Crippen MR) is 91.0 cm³/mol. The fourth-order valence-electron chi connectivity index (χ4n) is 1.70. The van der Waals surface area contributed by atoms with Gasteiger partial charge in [0.1, 0.15) is 0 Å². The number of aliphatic hydroxyl groups excluding tert-OH is 1.